The van der Waals surface area contributed by atoms with Gasteiger partial charge in [-0.15, -0.1) is 0 Å². The third-order valence-electron chi connectivity index (χ3n) is 4.60. The van der Waals surface area contributed by atoms with Crippen molar-refractivity contribution in [3.8, 4) is 0 Å². The monoisotopic (exact) mass is 398 g/mol. The molecule has 1 fully saturated rings. The lowest BCUT2D eigenvalue weighted by Gasteiger charge is -2.30. The zero-order valence-corrected chi connectivity index (χ0v) is 17.8. The van der Waals surface area contributed by atoms with Crippen molar-refractivity contribution in [1.29, 1.82) is 0 Å². The van der Waals surface area contributed by atoms with E-state index in [4.69, 9.17) is 25.8 Å². The van der Waals surface area contributed by atoms with E-state index in [-0.39, 0.29) is 6.61 Å². The van der Waals surface area contributed by atoms with E-state index in [2.05, 4.69) is 30.1 Å². The third kappa shape index (κ3) is 14.0. The quantitative estimate of drug-likeness (QED) is 0.230. The van der Waals surface area contributed by atoms with E-state index >= 15 is 0 Å². The second kappa shape index (κ2) is 19.3. The van der Waals surface area contributed by atoms with Crippen molar-refractivity contribution in [2.45, 2.75) is 83.0 Å². The summed E-state index contributed by atoms with van der Waals surface area (Å²) in [7, 11) is 1.84. The number of hydrogen-bond acceptors (Lipinski definition) is 6. The molecule has 164 valence electrons. The van der Waals surface area contributed by atoms with Crippen molar-refractivity contribution in [2.75, 3.05) is 26.8 Å². The minimum Gasteiger partial charge on any atom is -0.394 e. The van der Waals surface area contributed by atoms with Gasteiger partial charge in [-0.1, -0.05) is 50.8 Å². The molecule has 1 aliphatic rings. The summed E-state index contributed by atoms with van der Waals surface area (Å²) >= 11 is 0. The molecule has 0 radical (unpaired) electrons. The SMILES string of the molecule is CC/C=C/C=C(\C=NC)CCCCCCCCN.OCC1OCCC(O)C1O. The third-order valence-corrected chi connectivity index (χ3v) is 4.60. The number of allylic oxidation sites excluding steroid dienone is 4. The molecule has 0 aromatic carbocycles. The van der Waals surface area contributed by atoms with Crippen molar-refractivity contribution in [3.05, 3.63) is 23.8 Å². The minimum atomic E-state index is -0.932. The highest BCUT2D eigenvalue weighted by atomic mass is 16.5. The molecule has 28 heavy (non-hydrogen) atoms. The Hall–Kier alpha value is -1.05. The number of nitrogens with two attached hydrogens (primary N) is 1. The van der Waals surface area contributed by atoms with Gasteiger partial charge in [0.25, 0.3) is 0 Å². The molecule has 5 N–H and O–H groups in total. The van der Waals surface area contributed by atoms with Gasteiger partial charge in [-0.25, -0.2) is 0 Å². The van der Waals surface area contributed by atoms with Gasteiger partial charge in [-0.05, 0) is 44.2 Å². The van der Waals surface area contributed by atoms with Crippen LogP contribution in [0.25, 0.3) is 0 Å². The van der Waals surface area contributed by atoms with Gasteiger partial charge < -0.3 is 25.8 Å². The Bertz CT molecular complexity index is 438. The Labute approximate surface area is 171 Å². The van der Waals surface area contributed by atoms with E-state index in [1.807, 2.05) is 13.3 Å². The number of ether oxygens (including phenoxy) is 1. The molecule has 0 amide bonds. The number of hydrogen-bond donors (Lipinski definition) is 4. The van der Waals surface area contributed by atoms with Gasteiger partial charge in [0.2, 0.25) is 0 Å². The first-order chi connectivity index (χ1) is 13.6. The highest BCUT2D eigenvalue weighted by Gasteiger charge is 2.30. The molecule has 0 aliphatic carbocycles. The number of rotatable bonds is 12. The molecule has 6 heteroatoms. The first-order valence-corrected chi connectivity index (χ1v) is 10.7. The fourth-order valence-corrected chi connectivity index (χ4v) is 2.88. The fourth-order valence-electron chi connectivity index (χ4n) is 2.88. The Morgan fingerprint density at radius 2 is 1.82 bits per heavy atom. The van der Waals surface area contributed by atoms with Gasteiger partial charge in [0.1, 0.15) is 12.2 Å². The van der Waals surface area contributed by atoms with Crippen LogP contribution in [0.4, 0.5) is 0 Å². The maximum Gasteiger partial charge on any atom is 0.109 e. The van der Waals surface area contributed by atoms with E-state index in [1.54, 1.807) is 0 Å². The van der Waals surface area contributed by atoms with Crippen LogP contribution in [0.1, 0.15) is 64.7 Å². The van der Waals surface area contributed by atoms with Crippen molar-refractivity contribution in [2.24, 2.45) is 10.7 Å². The smallest absolute Gasteiger partial charge is 0.109 e. The lowest BCUT2D eigenvalue weighted by molar-refractivity contribution is -0.147. The maximum absolute atomic E-state index is 9.10. The number of nitrogens with zero attached hydrogens (tertiary/aromatic N) is 1. The first-order valence-electron chi connectivity index (χ1n) is 10.7. The van der Waals surface area contributed by atoms with E-state index in [0.29, 0.717) is 13.0 Å². The molecule has 1 rings (SSSR count). The van der Waals surface area contributed by atoms with Crippen LogP contribution >= 0.6 is 0 Å². The highest BCUT2D eigenvalue weighted by Crippen LogP contribution is 2.13. The molecule has 1 aliphatic heterocycles. The van der Waals surface area contributed by atoms with Crippen LogP contribution in [0.3, 0.4) is 0 Å². The Balaban J connectivity index is 0.000000609. The number of aliphatic hydroxyl groups is 3. The summed E-state index contributed by atoms with van der Waals surface area (Å²) < 4.78 is 4.95. The summed E-state index contributed by atoms with van der Waals surface area (Å²) in [6.45, 7) is 3.16. The summed E-state index contributed by atoms with van der Waals surface area (Å²) in [4.78, 5) is 4.11. The Kier molecular flexibility index (Phi) is 18.6. The van der Waals surface area contributed by atoms with Crippen LogP contribution in [-0.2, 0) is 4.74 Å². The summed E-state index contributed by atoms with van der Waals surface area (Å²) in [5.41, 5.74) is 6.81. The van der Waals surface area contributed by atoms with Gasteiger partial charge in [-0.3, -0.25) is 4.99 Å². The molecule has 0 saturated carbocycles. The predicted octanol–water partition coefficient (Wildman–Crippen LogP) is 2.76. The average Bonchev–Trinajstić information content (AvgIpc) is 2.70. The molecule has 3 atom stereocenters. The molecular weight excluding hydrogens is 356 g/mol. The van der Waals surface area contributed by atoms with Gasteiger partial charge >= 0.3 is 0 Å². The standard InChI is InChI=1S/C16H30N2.C6H12O4/c1-3-4-9-12-16(15-18-2)13-10-7-5-6-8-11-14-17;7-3-5-6(9)4(8)1-2-10-5/h4,9,12,15H,3,5-8,10-11,13-14,17H2,1-2H3;4-9H,1-3H2/b9-4+,16-12-,18-15?;. The largest absolute Gasteiger partial charge is 0.394 e. The lowest BCUT2D eigenvalue weighted by Crippen LogP contribution is -2.46. The predicted molar refractivity (Wildman–Crippen MR) is 117 cm³/mol. The Morgan fingerprint density at radius 1 is 1.14 bits per heavy atom. The van der Waals surface area contributed by atoms with Crippen LogP contribution in [0.5, 0.6) is 0 Å². The van der Waals surface area contributed by atoms with Crippen LogP contribution in [0.2, 0.25) is 0 Å². The van der Waals surface area contributed by atoms with Crippen molar-refractivity contribution >= 4 is 6.21 Å². The molecule has 0 aromatic rings. The van der Waals surface area contributed by atoms with Crippen molar-refractivity contribution in [3.63, 3.8) is 0 Å². The van der Waals surface area contributed by atoms with Gasteiger partial charge in [0.05, 0.1) is 12.7 Å². The van der Waals surface area contributed by atoms with Crippen LogP contribution in [0.15, 0.2) is 28.8 Å². The van der Waals surface area contributed by atoms with Gasteiger partial charge in [0.15, 0.2) is 0 Å². The normalized spacial score (nSPS) is 23.2. The molecular formula is C22H42N2O4. The maximum atomic E-state index is 9.10. The van der Waals surface area contributed by atoms with E-state index < -0.39 is 18.3 Å². The van der Waals surface area contributed by atoms with Crippen LogP contribution in [0, 0.1) is 0 Å². The minimum absolute atomic E-state index is 0.238. The molecule has 1 heterocycles. The topological polar surface area (TPSA) is 108 Å². The van der Waals surface area contributed by atoms with Gasteiger partial charge in [0, 0.05) is 19.9 Å². The summed E-state index contributed by atoms with van der Waals surface area (Å²) in [5.74, 6) is 0. The summed E-state index contributed by atoms with van der Waals surface area (Å²) in [6.07, 6.45) is 16.6. The summed E-state index contributed by atoms with van der Waals surface area (Å²) in [5, 5.41) is 26.7. The molecule has 1 saturated heterocycles. The van der Waals surface area contributed by atoms with Crippen LogP contribution < -0.4 is 5.73 Å². The zero-order chi connectivity index (χ0) is 21.0. The van der Waals surface area contributed by atoms with Gasteiger partial charge in [-0.2, -0.15) is 0 Å². The lowest BCUT2D eigenvalue weighted by atomic mass is 10.0. The number of unbranched alkanes of at least 4 members (excludes halogenated alkanes) is 5. The second-order valence-electron chi connectivity index (χ2n) is 7.06. The number of aliphatic imine (C=N–C) groups is 1. The second-order valence-corrected chi connectivity index (χ2v) is 7.06. The van der Waals surface area contributed by atoms with E-state index in [1.165, 1.54) is 44.1 Å². The van der Waals surface area contributed by atoms with E-state index in [9.17, 15) is 0 Å². The van der Waals surface area contributed by atoms with Crippen LogP contribution in [-0.4, -0.2) is 66.7 Å². The van der Waals surface area contributed by atoms with Crippen molar-refractivity contribution in [1.82, 2.24) is 0 Å². The molecule has 0 aromatic heterocycles. The molecule has 6 nitrogen and oxygen atoms in total. The van der Waals surface area contributed by atoms with E-state index in [0.717, 1.165) is 19.4 Å². The fraction of sp³-hybridized carbons (Fsp3) is 0.773. The molecule has 0 spiro atoms. The molecule has 3 unspecified atom stereocenters. The van der Waals surface area contributed by atoms with Crippen molar-refractivity contribution < 1.29 is 20.1 Å². The highest BCUT2D eigenvalue weighted by molar-refractivity contribution is 5.78. The summed E-state index contributed by atoms with van der Waals surface area (Å²) in [6, 6.07) is 0. The molecule has 0 bridgehead atoms. The average molecular weight is 399 g/mol. The Morgan fingerprint density at radius 3 is 2.39 bits per heavy atom. The number of aliphatic hydroxyl groups excluding tert-OH is 3. The first kappa shape index (κ1) is 27.0. The zero-order valence-electron chi connectivity index (χ0n) is 17.8.